The number of hydrogen-bond donors (Lipinski definition) is 0. The zero-order valence-corrected chi connectivity index (χ0v) is 30.6. The fourth-order valence-electron chi connectivity index (χ4n) is 5.77. The predicted octanol–water partition coefficient (Wildman–Crippen LogP) is 7.60. The molecular formula is C43H34N4O5S2. The van der Waals surface area contributed by atoms with Crippen LogP contribution in [0, 0.1) is 0 Å². The number of benzene rings is 6. The van der Waals surface area contributed by atoms with Gasteiger partial charge < -0.3 is 4.74 Å². The van der Waals surface area contributed by atoms with Crippen LogP contribution in [0.1, 0.15) is 22.3 Å². The molecule has 0 atom stereocenters. The Morgan fingerprint density at radius 3 is 1.41 bits per heavy atom. The lowest BCUT2D eigenvalue weighted by atomic mass is 10.0. The SMILES string of the molecule is O=c1sn(-c2ccc(Oc3ccccc3)cc2)c(=O)n1Cc1ccccc1.O=c1sn(-c2ccccc2Cc2ccccc2)c(=O)n1Cc1ccccc1. The summed E-state index contributed by atoms with van der Waals surface area (Å²) in [5.74, 6) is 1.40. The van der Waals surface area contributed by atoms with Gasteiger partial charge in [0.1, 0.15) is 11.5 Å². The standard InChI is InChI=1S/C22H18N2O2S.C21H16N2O3S/c25-21-23(16-18-11-5-2-6-12-18)22(26)27-24(21)20-14-8-7-13-19(20)15-17-9-3-1-4-10-17;24-20-22(15-16-7-3-1-4-8-16)21(25)27-23(20)17-11-13-19(14-12-17)26-18-9-5-2-6-10-18/h1-14H,15-16H2;1-14H,15H2. The van der Waals surface area contributed by atoms with E-state index in [-0.39, 0.29) is 34.2 Å². The number of ether oxygens (including phenoxy) is 1. The molecule has 0 fully saturated rings. The van der Waals surface area contributed by atoms with Gasteiger partial charge in [0, 0.05) is 23.1 Å². The minimum atomic E-state index is -0.342. The topological polar surface area (TPSA) is 97.2 Å². The highest BCUT2D eigenvalue weighted by molar-refractivity contribution is 7.04. The molecule has 0 saturated heterocycles. The summed E-state index contributed by atoms with van der Waals surface area (Å²) in [5, 5.41) is 0. The lowest BCUT2D eigenvalue weighted by molar-refractivity contribution is 0.482. The molecule has 0 unspecified atom stereocenters. The fraction of sp³-hybridized carbons (Fsp3) is 0.0698. The van der Waals surface area contributed by atoms with Gasteiger partial charge in [-0.05, 0) is 71.1 Å². The van der Waals surface area contributed by atoms with E-state index in [1.54, 1.807) is 24.3 Å². The Hall–Kier alpha value is -6.56. The number of nitrogens with zero attached hydrogens (tertiary/aromatic N) is 4. The van der Waals surface area contributed by atoms with Crippen LogP contribution in [-0.2, 0) is 19.5 Å². The van der Waals surface area contributed by atoms with Gasteiger partial charge >= 0.3 is 21.1 Å². The fourth-order valence-corrected chi connectivity index (χ4v) is 7.42. The van der Waals surface area contributed by atoms with Crippen molar-refractivity contribution in [1.29, 1.82) is 0 Å². The number of rotatable bonds is 10. The van der Waals surface area contributed by atoms with Crippen LogP contribution in [0.5, 0.6) is 11.5 Å². The molecule has 2 heterocycles. The maximum atomic E-state index is 12.9. The Bertz CT molecular complexity index is 2680. The molecule has 54 heavy (non-hydrogen) atoms. The van der Waals surface area contributed by atoms with Crippen LogP contribution >= 0.6 is 23.1 Å². The maximum Gasteiger partial charge on any atom is 0.346 e. The molecule has 11 heteroatoms. The van der Waals surface area contributed by atoms with E-state index in [9.17, 15) is 19.2 Å². The number of hydrogen-bond acceptors (Lipinski definition) is 7. The number of para-hydroxylation sites is 2. The van der Waals surface area contributed by atoms with Gasteiger partial charge in [0.2, 0.25) is 0 Å². The van der Waals surface area contributed by atoms with E-state index in [2.05, 4.69) is 12.1 Å². The quantitative estimate of drug-likeness (QED) is 0.144. The van der Waals surface area contributed by atoms with E-state index in [1.807, 2.05) is 133 Å². The summed E-state index contributed by atoms with van der Waals surface area (Å²) in [6.45, 7) is 0.542. The van der Waals surface area contributed by atoms with Crippen LogP contribution in [0.15, 0.2) is 189 Å². The Morgan fingerprint density at radius 2 is 0.852 bits per heavy atom. The van der Waals surface area contributed by atoms with Crippen LogP contribution in [0.4, 0.5) is 0 Å². The van der Waals surface area contributed by atoms with Crippen molar-refractivity contribution >= 4 is 23.1 Å². The van der Waals surface area contributed by atoms with Gasteiger partial charge in [-0.25, -0.2) is 26.6 Å². The third-order valence-corrected chi connectivity index (χ3v) is 10.3. The van der Waals surface area contributed by atoms with Crippen molar-refractivity contribution in [2.75, 3.05) is 0 Å². The van der Waals surface area contributed by atoms with Crippen molar-refractivity contribution in [3.8, 4) is 22.9 Å². The molecule has 8 rings (SSSR count). The van der Waals surface area contributed by atoms with Gasteiger partial charge in [-0.1, -0.05) is 127 Å². The summed E-state index contributed by atoms with van der Waals surface area (Å²) in [5.41, 5.74) is 4.77. The average molecular weight is 751 g/mol. The first-order valence-electron chi connectivity index (χ1n) is 17.1. The van der Waals surface area contributed by atoms with Crippen molar-refractivity contribution in [3.63, 3.8) is 0 Å². The summed E-state index contributed by atoms with van der Waals surface area (Å²) in [6, 6.07) is 53.4. The first kappa shape index (κ1) is 35.8. The van der Waals surface area contributed by atoms with Gasteiger partial charge in [0.25, 0.3) is 0 Å². The van der Waals surface area contributed by atoms with Crippen molar-refractivity contribution in [2.45, 2.75) is 19.5 Å². The Morgan fingerprint density at radius 1 is 0.426 bits per heavy atom. The van der Waals surface area contributed by atoms with E-state index < -0.39 is 0 Å². The zero-order valence-electron chi connectivity index (χ0n) is 28.9. The van der Waals surface area contributed by atoms with E-state index in [0.717, 1.165) is 56.8 Å². The highest BCUT2D eigenvalue weighted by atomic mass is 32.1. The molecule has 0 saturated carbocycles. The Labute approximate surface area is 318 Å². The largest absolute Gasteiger partial charge is 0.457 e. The number of aromatic nitrogens is 4. The highest BCUT2D eigenvalue weighted by Crippen LogP contribution is 2.22. The van der Waals surface area contributed by atoms with Crippen molar-refractivity contribution in [2.24, 2.45) is 0 Å². The van der Waals surface area contributed by atoms with Gasteiger partial charge in [0.15, 0.2) is 0 Å². The monoisotopic (exact) mass is 750 g/mol. The van der Waals surface area contributed by atoms with E-state index in [4.69, 9.17) is 4.74 Å². The van der Waals surface area contributed by atoms with E-state index >= 15 is 0 Å². The maximum absolute atomic E-state index is 12.9. The van der Waals surface area contributed by atoms with Crippen LogP contribution < -0.4 is 25.9 Å². The van der Waals surface area contributed by atoms with Gasteiger partial charge in [-0.3, -0.25) is 9.59 Å². The van der Waals surface area contributed by atoms with Crippen molar-refractivity contribution in [1.82, 2.24) is 17.0 Å². The molecule has 8 aromatic rings. The Kier molecular flexibility index (Phi) is 11.2. The third-order valence-electron chi connectivity index (χ3n) is 8.45. The first-order chi connectivity index (χ1) is 26.4. The minimum absolute atomic E-state index is 0.252. The summed E-state index contributed by atoms with van der Waals surface area (Å²) < 4.78 is 11.2. The molecule has 0 N–H and O–H groups in total. The molecule has 0 aliphatic rings. The highest BCUT2D eigenvalue weighted by Gasteiger charge is 2.15. The molecule has 0 spiro atoms. The molecule has 0 aliphatic heterocycles. The molecule has 9 nitrogen and oxygen atoms in total. The van der Waals surface area contributed by atoms with Crippen LogP contribution in [0.3, 0.4) is 0 Å². The van der Waals surface area contributed by atoms with Crippen molar-refractivity contribution < 1.29 is 4.74 Å². The van der Waals surface area contributed by atoms with Crippen molar-refractivity contribution in [3.05, 3.63) is 232 Å². The molecule has 0 aliphatic carbocycles. The predicted molar refractivity (Wildman–Crippen MR) is 215 cm³/mol. The molecule has 0 radical (unpaired) electrons. The molecule has 0 amide bonds. The normalized spacial score (nSPS) is 10.7. The third kappa shape index (κ3) is 8.55. The van der Waals surface area contributed by atoms with E-state index in [1.165, 1.54) is 17.0 Å². The first-order valence-corrected chi connectivity index (χ1v) is 18.7. The van der Waals surface area contributed by atoms with Gasteiger partial charge in [-0.15, -0.1) is 0 Å². The second-order valence-electron chi connectivity index (χ2n) is 12.2. The van der Waals surface area contributed by atoms with Gasteiger partial charge in [-0.2, -0.15) is 0 Å². The second-order valence-corrected chi connectivity index (χ2v) is 14.0. The van der Waals surface area contributed by atoms with Crippen LogP contribution in [0.2, 0.25) is 0 Å². The minimum Gasteiger partial charge on any atom is -0.457 e. The lowest BCUT2D eigenvalue weighted by Crippen LogP contribution is -2.29. The van der Waals surface area contributed by atoms with E-state index in [0.29, 0.717) is 17.9 Å². The summed E-state index contributed by atoms with van der Waals surface area (Å²) in [6.07, 6.45) is 0.703. The second kappa shape index (κ2) is 16.8. The molecule has 0 bridgehead atoms. The summed E-state index contributed by atoms with van der Waals surface area (Å²) in [7, 11) is 0. The molecular weight excluding hydrogens is 717 g/mol. The Balaban J connectivity index is 0.000000167. The summed E-state index contributed by atoms with van der Waals surface area (Å²) in [4.78, 5) is 49.8. The molecule has 2 aromatic heterocycles. The smallest absolute Gasteiger partial charge is 0.346 e. The lowest BCUT2D eigenvalue weighted by Gasteiger charge is -2.09. The van der Waals surface area contributed by atoms with Crippen LogP contribution in [-0.4, -0.2) is 17.0 Å². The zero-order chi connectivity index (χ0) is 37.3. The summed E-state index contributed by atoms with van der Waals surface area (Å²) >= 11 is 1.84. The molecule has 268 valence electrons. The van der Waals surface area contributed by atoms with Crippen LogP contribution in [0.25, 0.3) is 11.4 Å². The van der Waals surface area contributed by atoms with Gasteiger partial charge in [0.05, 0.1) is 24.5 Å². The molecule has 6 aromatic carbocycles. The average Bonchev–Trinajstić information content (AvgIpc) is 3.65.